The number of amides is 1. The standard InChI is InChI=1S/C14H13ClIN3O2.H2S/c1-8-7-18(9-3-4-10(15)12(5-9)21-2)14(20)13-11(16)6-17-19(8)13;/h3-6,8H,7H2,1-2H3;1H2/t8-;/m0./s1. The first-order valence-corrected chi connectivity index (χ1v) is 7.87. The lowest BCUT2D eigenvalue weighted by Gasteiger charge is -2.32. The summed E-state index contributed by atoms with van der Waals surface area (Å²) in [7, 11) is 1.56. The molecule has 2 heterocycles. The van der Waals surface area contributed by atoms with Crippen LogP contribution in [-0.4, -0.2) is 29.3 Å². The van der Waals surface area contributed by atoms with Crippen molar-refractivity contribution in [2.75, 3.05) is 18.6 Å². The van der Waals surface area contributed by atoms with Crippen LogP contribution in [0.15, 0.2) is 24.4 Å². The van der Waals surface area contributed by atoms with Crippen LogP contribution < -0.4 is 9.64 Å². The van der Waals surface area contributed by atoms with Crippen molar-refractivity contribution in [3.63, 3.8) is 0 Å². The van der Waals surface area contributed by atoms with Gasteiger partial charge < -0.3 is 9.64 Å². The normalized spacial score (nSPS) is 17.0. The predicted molar refractivity (Wildman–Crippen MR) is 99.7 cm³/mol. The molecule has 0 fully saturated rings. The molecule has 1 atom stereocenters. The molecule has 0 saturated heterocycles. The molecule has 0 unspecified atom stereocenters. The second kappa shape index (κ2) is 6.67. The van der Waals surface area contributed by atoms with Gasteiger partial charge in [-0.3, -0.25) is 9.48 Å². The zero-order valence-electron chi connectivity index (χ0n) is 12.0. The predicted octanol–water partition coefficient (Wildman–Crippen LogP) is 3.48. The monoisotopic (exact) mass is 451 g/mol. The molecule has 1 aliphatic rings. The number of halogens is 2. The lowest BCUT2D eigenvalue weighted by atomic mass is 10.1. The summed E-state index contributed by atoms with van der Waals surface area (Å²) in [6.45, 7) is 2.60. The summed E-state index contributed by atoms with van der Waals surface area (Å²) in [6, 6.07) is 5.47. The Hall–Kier alpha value is -0.930. The highest BCUT2D eigenvalue weighted by Crippen LogP contribution is 2.33. The van der Waals surface area contributed by atoms with Crippen LogP contribution in [0.1, 0.15) is 23.5 Å². The van der Waals surface area contributed by atoms with Crippen LogP contribution in [0.4, 0.5) is 5.69 Å². The molecule has 2 aromatic rings. The van der Waals surface area contributed by atoms with Crippen molar-refractivity contribution in [2.24, 2.45) is 0 Å². The maximum atomic E-state index is 12.7. The molecule has 1 aromatic heterocycles. The van der Waals surface area contributed by atoms with Gasteiger partial charge in [0.1, 0.15) is 11.4 Å². The molecule has 0 spiro atoms. The van der Waals surface area contributed by atoms with Gasteiger partial charge in [0.2, 0.25) is 0 Å². The fourth-order valence-electron chi connectivity index (χ4n) is 2.47. The van der Waals surface area contributed by atoms with Crippen molar-refractivity contribution in [2.45, 2.75) is 13.0 Å². The van der Waals surface area contributed by atoms with Gasteiger partial charge in [-0.2, -0.15) is 18.6 Å². The number of carbonyl (C=O) groups excluding carboxylic acids is 1. The number of hydrogen-bond donors (Lipinski definition) is 0. The summed E-state index contributed by atoms with van der Waals surface area (Å²) in [4.78, 5) is 14.5. The van der Waals surface area contributed by atoms with E-state index >= 15 is 0 Å². The summed E-state index contributed by atoms with van der Waals surface area (Å²) in [5.41, 5.74) is 1.40. The van der Waals surface area contributed by atoms with Crippen LogP contribution in [0.25, 0.3) is 0 Å². The lowest BCUT2D eigenvalue weighted by Crippen LogP contribution is -2.43. The van der Waals surface area contributed by atoms with E-state index in [1.54, 1.807) is 35.0 Å². The second-order valence-corrected chi connectivity index (χ2v) is 6.44. The van der Waals surface area contributed by atoms with E-state index in [4.69, 9.17) is 16.3 Å². The van der Waals surface area contributed by atoms with Crippen LogP contribution in [0.3, 0.4) is 0 Å². The molecule has 1 amide bonds. The molecular formula is C14H15ClIN3O2S. The largest absolute Gasteiger partial charge is 0.495 e. The summed E-state index contributed by atoms with van der Waals surface area (Å²) < 4.78 is 7.87. The van der Waals surface area contributed by atoms with E-state index in [0.29, 0.717) is 23.0 Å². The average molecular weight is 452 g/mol. The summed E-state index contributed by atoms with van der Waals surface area (Å²) in [6.07, 6.45) is 1.72. The minimum atomic E-state index is -0.0561. The SMILES string of the molecule is COc1cc(N2C[C@H](C)n3ncc(I)c3C2=O)ccc1Cl.S. The van der Waals surface area contributed by atoms with Gasteiger partial charge in [-0.25, -0.2) is 0 Å². The lowest BCUT2D eigenvalue weighted by molar-refractivity contribution is 0.0952. The molecule has 1 aromatic carbocycles. The quantitative estimate of drug-likeness (QED) is 0.657. The van der Waals surface area contributed by atoms with Gasteiger partial charge in [0.25, 0.3) is 5.91 Å². The van der Waals surface area contributed by atoms with Gasteiger partial charge >= 0.3 is 0 Å². The van der Waals surface area contributed by atoms with E-state index in [2.05, 4.69) is 27.7 Å². The Kier molecular flexibility index (Phi) is 5.29. The van der Waals surface area contributed by atoms with E-state index in [1.165, 1.54) is 0 Å². The first-order valence-electron chi connectivity index (χ1n) is 6.41. The number of benzene rings is 1. The molecule has 0 bridgehead atoms. The number of hydrogen-bond acceptors (Lipinski definition) is 3. The highest BCUT2D eigenvalue weighted by Gasteiger charge is 2.32. The number of carbonyl (C=O) groups is 1. The van der Waals surface area contributed by atoms with E-state index in [1.807, 2.05) is 13.0 Å². The van der Waals surface area contributed by atoms with Gasteiger partial charge in [0, 0.05) is 18.3 Å². The average Bonchev–Trinajstić information content (AvgIpc) is 2.86. The van der Waals surface area contributed by atoms with Crippen LogP contribution in [0.2, 0.25) is 5.02 Å². The summed E-state index contributed by atoms with van der Waals surface area (Å²) >= 11 is 8.18. The molecule has 118 valence electrons. The Morgan fingerprint density at radius 1 is 1.45 bits per heavy atom. The Balaban J connectivity index is 0.00000176. The maximum Gasteiger partial charge on any atom is 0.277 e. The maximum absolute atomic E-state index is 12.7. The van der Waals surface area contributed by atoms with E-state index in [0.717, 1.165) is 9.26 Å². The first kappa shape index (κ1) is 17.4. The van der Waals surface area contributed by atoms with Gasteiger partial charge in [0.15, 0.2) is 0 Å². The fraction of sp³-hybridized carbons (Fsp3) is 0.286. The number of rotatable bonds is 2. The van der Waals surface area contributed by atoms with Crippen molar-refractivity contribution in [3.05, 3.63) is 38.7 Å². The summed E-state index contributed by atoms with van der Waals surface area (Å²) in [5.74, 6) is 0.503. The Morgan fingerprint density at radius 2 is 2.18 bits per heavy atom. The third-order valence-corrected chi connectivity index (χ3v) is 4.61. The molecular weight excluding hydrogens is 437 g/mol. The molecule has 0 saturated carbocycles. The third-order valence-electron chi connectivity index (χ3n) is 3.51. The molecule has 1 aliphatic heterocycles. The van der Waals surface area contributed by atoms with Gasteiger partial charge in [0.05, 0.1) is 27.9 Å². The zero-order valence-corrected chi connectivity index (χ0v) is 15.9. The number of methoxy groups -OCH3 is 1. The van der Waals surface area contributed by atoms with Crippen LogP contribution in [0.5, 0.6) is 5.75 Å². The fourth-order valence-corrected chi connectivity index (χ4v) is 3.26. The molecule has 8 heteroatoms. The summed E-state index contributed by atoms with van der Waals surface area (Å²) in [5, 5.41) is 4.81. The molecule has 0 N–H and O–H groups in total. The highest BCUT2D eigenvalue weighted by atomic mass is 127. The van der Waals surface area contributed by atoms with Crippen molar-refractivity contribution < 1.29 is 9.53 Å². The van der Waals surface area contributed by atoms with Crippen LogP contribution in [0, 0.1) is 3.57 Å². The highest BCUT2D eigenvalue weighted by molar-refractivity contribution is 14.1. The second-order valence-electron chi connectivity index (χ2n) is 4.87. The van der Waals surface area contributed by atoms with Crippen molar-refractivity contribution in [1.29, 1.82) is 0 Å². The molecule has 0 aliphatic carbocycles. The van der Waals surface area contributed by atoms with E-state index in [-0.39, 0.29) is 25.4 Å². The zero-order chi connectivity index (χ0) is 15.1. The number of aromatic nitrogens is 2. The number of ether oxygens (including phenoxy) is 1. The van der Waals surface area contributed by atoms with Gasteiger partial charge in [-0.1, -0.05) is 11.6 Å². The first-order chi connectivity index (χ1) is 10.0. The van der Waals surface area contributed by atoms with Crippen LogP contribution >= 0.6 is 47.7 Å². The van der Waals surface area contributed by atoms with Crippen molar-refractivity contribution in [3.8, 4) is 5.75 Å². The minimum Gasteiger partial charge on any atom is -0.495 e. The van der Waals surface area contributed by atoms with E-state index in [9.17, 15) is 4.79 Å². The molecule has 22 heavy (non-hydrogen) atoms. The Labute approximate surface area is 154 Å². The smallest absolute Gasteiger partial charge is 0.277 e. The van der Waals surface area contributed by atoms with Crippen molar-refractivity contribution >= 4 is 59.3 Å². The minimum absolute atomic E-state index is 0. The number of anilines is 1. The van der Waals surface area contributed by atoms with Gasteiger partial charge in [-0.15, -0.1) is 0 Å². The third kappa shape index (κ3) is 2.81. The number of fused-ring (bicyclic) bond motifs is 1. The van der Waals surface area contributed by atoms with Gasteiger partial charge in [-0.05, 0) is 41.6 Å². The van der Waals surface area contributed by atoms with Crippen LogP contribution in [-0.2, 0) is 0 Å². The Bertz CT molecular complexity index is 722. The molecule has 0 radical (unpaired) electrons. The molecule has 3 rings (SSSR count). The Morgan fingerprint density at radius 3 is 2.86 bits per heavy atom. The molecule has 5 nitrogen and oxygen atoms in total. The number of nitrogens with zero attached hydrogens (tertiary/aromatic N) is 3. The van der Waals surface area contributed by atoms with E-state index < -0.39 is 0 Å². The van der Waals surface area contributed by atoms with Crippen molar-refractivity contribution in [1.82, 2.24) is 9.78 Å². The topological polar surface area (TPSA) is 47.4 Å².